The van der Waals surface area contributed by atoms with Gasteiger partial charge >= 0.3 is 5.97 Å². The first-order chi connectivity index (χ1) is 13.5. The smallest absolute Gasteiger partial charge is 0.321 e. The fraction of sp³-hybridized carbons (Fsp3) is 0.304. The Labute approximate surface area is 165 Å². The molecule has 1 N–H and O–H groups in total. The summed E-state index contributed by atoms with van der Waals surface area (Å²) in [6, 6.07) is 17.1. The van der Waals surface area contributed by atoms with Crippen molar-refractivity contribution in [1.82, 2.24) is 15.3 Å². The summed E-state index contributed by atoms with van der Waals surface area (Å²) in [6.07, 6.45) is 2.52. The molecule has 0 amide bonds. The molecule has 1 unspecified atom stereocenters. The quantitative estimate of drug-likeness (QED) is 0.698. The summed E-state index contributed by atoms with van der Waals surface area (Å²) in [5.74, 6) is -0.320. The van der Waals surface area contributed by atoms with Crippen molar-refractivity contribution in [2.45, 2.75) is 46.1 Å². The van der Waals surface area contributed by atoms with Gasteiger partial charge in [-0.3, -0.25) is 4.79 Å². The predicted molar refractivity (Wildman–Crippen MR) is 109 cm³/mol. The predicted octanol–water partition coefficient (Wildman–Crippen LogP) is 4.08. The molecule has 0 radical (unpaired) electrons. The van der Waals surface area contributed by atoms with Gasteiger partial charge in [0.15, 0.2) is 0 Å². The molecule has 0 saturated heterocycles. The average molecular weight is 375 g/mol. The maximum absolute atomic E-state index is 11.2. The standard InChI is InChI=1S/C23H25N3O2/c1-15-4-8-18(9-5-15)23-21-14-19(25-28-17(3)27)10-13-22(21)24-26(23)20-11-6-16(2)7-12-20/h4-9,11-12,19,25H,10,13-14H2,1-3H3. The first-order valence-electron chi connectivity index (χ1n) is 9.69. The number of carbonyl (C=O) groups excluding carboxylic acids is 1. The Hall–Kier alpha value is -2.92. The Balaban J connectivity index is 1.78. The van der Waals surface area contributed by atoms with E-state index in [2.05, 4.69) is 72.5 Å². The van der Waals surface area contributed by atoms with Crippen molar-refractivity contribution in [2.24, 2.45) is 0 Å². The third kappa shape index (κ3) is 3.71. The Kier molecular flexibility index (Phi) is 5.01. The fourth-order valence-corrected chi connectivity index (χ4v) is 3.72. The second-order valence-corrected chi connectivity index (χ2v) is 7.54. The van der Waals surface area contributed by atoms with Gasteiger partial charge in [-0.2, -0.15) is 5.10 Å². The van der Waals surface area contributed by atoms with E-state index in [-0.39, 0.29) is 12.0 Å². The topological polar surface area (TPSA) is 56.1 Å². The number of fused-ring (bicyclic) bond motifs is 1. The number of nitrogens with zero attached hydrogens (tertiary/aromatic N) is 2. The van der Waals surface area contributed by atoms with Crippen LogP contribution in [-0.2, 0) is 22.5 Å². The first kappa shape index (κ1) is 18.4. The highest BCUT2D eigenvalue weighted by Crippen LogP contribution is 2.34. The number of aryl methyl sites for hydroxylation is 3. The van der Waals surface area contributed by atoms with Gasteiger partial charge < -0.3 is 4.84 Å². The highest BCUT2D eigenvalue weighted by Gasteiger charge is 2.28. The molecule has 0 spiro atoms. The highest BCUT2D eigenvalue weighted by molar-refractivity contribution is 5.68. The maximum Gasteiger partial charge on any atom is 0.321 e. The number of hydrogen-bond acceptors (Lipinski definition) is 4. The van der Waals surface area contributed by atoms with E-state index >= 15 is 0 Å². The fourth-order valence-electron chi connectivity index (χ4n) is 3.72. The zero-order chi connectivity index (χ0) is 19.7. The van der Waals surface area contributed by atoms with Gasteiger partial charge in [0.1, 0.15) is 0 Å². The minimum Gasteiger partial charge on any atom is -0.371 e. The second kappa shape index (κ2) is 7.60. The van der Waals surface area contributed by atoms with E-state index in [1.54, 1.807) is 0 Å². The summed E-state index contributed by atoms with van der Waals surface area (Å²) in [6.45, 7) is 5.59. The summed E-state index contributed by atoms with van der Waals surface area (Å²) in [4.78, 5) is 16.2. The van der Waals surface area contributed by atoms with E-state index in [9.17, 15) is 4.79 Å². The molecule has 5 nitrogen and oxygen atoms in total. The molecule has 4 rings (SSSR count). The van der Waals surface area contributed by atoms with Gasteiger partial charge in [0.2, 0.25) is 0 Å². The van der Waals surface area contributed by atoms with Gasteiger partial charge in [-0.05, 0) is 45.2 Å². The molecular formula is C23H25N3O2. The lowest BCUT2D eigenvalue weighted by atomic mass is 9.90. The SMILES string of the molecule is CC(=O)ONC1CCc2nn(-c3ccc(C)cc3)c(-c3ccc(C)cc3)c2C1. The number of hydrogen-bond donors (Lipinski definition) is 1. The van der Waals surface area contributed by atoms with Gasteiger partial charge in [0, 0.05) is 24.1 Å². The van der Waals surface area contributed by atoms with E-state index < -0.39 is 0 Å². The summed E-state index contributed by atoms with van der Waals surface area (Å²) < 4.78 is 2.06. The van der Waals surface area contributed by atoms with Crippen molar-refractivity contribution in [1.29, 1.82) is 0 Å². The van der Waals surface area contributed by atoms with Crippen molar-refractivity contribution < 1.29 is 9.63 Å². The lowest BCUT2D eigenvalue weighted by Crippen LogP contribution is -2.35. The summed E-state index contributed by atoms with van der Waals surface area (Å²) in [5.41, 5.74) is 11.0. The normalized spacial score (nSPS) is 15.9. The van der Waals surface area contributed by atoms with E-state index in [0.717, 1.165) is 41.9 Å². The third-order valence-electron chi connectivity index (χ3n) is 5.22. The first-order valence-corrected chi connectivity index (χ1v) is 9.69. The van der Waals surface area contributed by atoms with Gasteiger partial charge in [-0.1, -0.05) is 47.5 Å². The molecule has 0 bridgehead atoms. The maximum atomic E-state index is 11.2. The van der Waals surface area contributed by atoms with E-state index in [4.69, 9.17) is 9.94 Å². The van der Waals surface area contributed by atoms with Gasteiger partial charge in [-0.15, -0.1) is 5.48 Å². The van der Waals surface area contributed by atoms with E-state index in [1.807, 2.05) is 0 Å². The van der Waals surface area contributed by atoms with E-state index in [1.165, 1.54) is 23.6 Å². The average Bonchev–Trinajstić information content (AvgIpc) is 3.06. The van der Waals surface area contributed by atoms with Crippen molar-refractivity contribution >= 4 is 5.97 Å². The molecule has 0 aliphatic heterocycles. The van der Waals surface area contributed by atoms with Gasteiger partial charge in [0.05, 0.1) is 17.1 Å². The summed E-state index contributed by atoms with van der Waals surface area (Å²) in [5, 5.41) is 4.96. The molecule has 5 heteroatoms. The molecule has 1 atom stereocenters. The molecule has 1 heterocycles. The van der Waals surface area contributed by atoms with Crippen molar-refractivity contribution in [3.63, 3.8) is 0 Å². The number of nitrogens with one attached hydrogen (secondary N) is 1. The summed E-state index contributed by atoms with van der Waals surface area (Å²) >= 11 is 0. The minimum absolute atomic E-state index is 0.0938. The zero-order valence-corrected chi connectivity index (χ0v) is 16.5. The van der Waals surface area contributed by atoms with Crippen LogP contribution in [-0.4, -0.2) is 21.8 Å². The second-order valence-electron chi connectivity index (χ2n) is 7.54. The number of benzene rings is 2. The molecule has 2 aromatic carbocycles. The largest absolute Gasteiger partial charge is 0.371 e. The monoisotopic (exact) mass is 375 g/mol. The number of rotatable bonds is 4. The van der Waals surface area contributed by atoms with Crippen LogP contribution < -0.4 is 5.48 Å². The van der Waals surface area contributed by atoms with Crippen molar-refractivity contribution in [3.05, 3.63) is 70.9 Å². The van der Waals surface area contributed by atoms with Crippen LogP contribution >= 0.6 is 0 Å². The van der Waals surface area contributed by atoms with Crippen molar-refractivity contribution in [2.75, 3.05) is 0 Å². The Morgan fingerprint density at radius 1 is 1.07 bits per heavy atom. The van der Waals surface area contributed by atoms with Gasteiger partial charge in [-0.25, -0.2) is 4.68 Å². The molecule has 1 aliphatic carbocycles. The van der Waals surface area contributed by atoms with Crippen LogP contribution in [0.1, 0.15) is 35.7 Å². The van der Waals surface area contributed by atoms with Crippen LogP contribution in [0.15, 0.2) is 48.5 Å². The van der Waals surface area contributed by atoms with Crippen LogP contribution in [0.5, 0.6) is 0 Å². The van der Waals surface area contributed by atoms with Crippen LogP contribution in [0.2, 0.25) is 0 Å². The van der Waals surface area contributed by atoms with Crippen LogP contribution in [0.4, 0.5) is 0 Å². The van der Waals surface area contributed by atoms with Crippen LogP contribution in [0, 0.1) is 13.8 Å². The number of hydroxylamine groups is 1. The highest BCUT2D eigenvalue weighted by atomic mass is 16.7. The Morgan fingerprint density at radius 3 is 2.36 bits per heavy atom. The van der Waals surface area contributed by atoms with Crippen molar-refractivity contribution in [3.8, 4) is 16.9 Å². The minimum atomic E-state index is -0.320. The molecule has 1 aromatic heterocycles. The Bertz CT molecular complexity index is 988. The molecular weight excluding hydrogens is 350 g/mol. The van der Waals surface area contributed by atoms with Crippen LogP contribution in [0.3, 0.4) is 0 Å². The molecule has 0 saturated carbocycles. The van der Waals surface area contributed by atoms with E-state index in [0.29, 0.717) is 0 Å². The molecule has 144 valence electrons. The number of carbonyl (C=O) groups is 1. The molecule has 28 heavy (non-hydrogen) atoms. The van der Waals surface area contributed by atoms with Crippen LogP contribution in [0.25, 0.3) is 16.9 Å². The molecule has 1 aliphatic rings. The number of aromatic nitrogens is 2. The molecule has 3 aromatic rings. The molecule has 0 fully saturated rings. The van der Waals surface area contributed by atoms with Gasteiger partial charge in [0.25, 0.3) is 0 Å². The lowest BCUT2D eigenvalue weighted by molar-refractivity contribution is -0.150. The third-order valence-corrected chi connectivity index (χ3v) is 5.22. The Morgan fingerprint density at radius 2 is 1.71 bits per heavy atom. The zero-order valence-electron chi connectivity index (χ0n) is 16.5. The summed E-state index contributed by atoms with van der Waals surface area (Å²) in [7, 11) is 0. The lowest BCUT2D eigenvalue weighted by Gasteiger charge is -2.22.